The predicted molar refractivity (Wildman–Crippen MR) is 125 cm³/mol. The van der Waals surface area contributed by atoms with E-state index in [0.29, 0.717) is 10.6 Å². The van der Waals surface area contributed by atoms with Crippen LogP contribution in [-0.4, -0.2) is 56.1 Å². The van der Waals surface area contributed by atoms with Crippen molar-refractivity contribution >= 4 is 23.1 Å². The molecule has 0 radical (unpaired) electrons. The summed E-state index contributed by atoms with van der Waals surface area (Å²) in [6, 6.07) is 0.947. The molecule has 202 valence electrons. The summed E-state index contributed by atoms with van der Waals surface area (Å²) >= 11 is 0. The molecule has 1 aliphatic heterocycles. The SMILES string of the molecule is C=CC(=O)N1CCN(c2ncnn3c(=O)c(-c4nc(N)cc(C)c4C(F)(F)F)c(C(F)(F)F)cc23)[C@@H](C)C1. The van der Waals surface area contributed by atoms with Gasteiger partial charge in [-0.15, -0.1) is 0 Å². The van der Waals surface area contributed by atoms with E-state index in [1.54, 1.807) is 11.8 Å². The minimum atomic E-state index is -5.25. The largest absolute Gasteiger partial charge is 0.418 e. The number of nitrogens with two attached hydrogens (primary N) is 1. The number of fused-ring (bicyclic) bond motifs is 1. The van der Waals surface area contributed by atoms with Crippen molar-refractivity contribution in [2.75, 3.05) is 30.3 Å². The van der Waals surface area contributed by atoms with Gasteiger partial charge in [-0.2, -0.15) is 36.0 Å². The highest BCUT2D eigenvalue weighted by Gasteiger charge is 2.43. The maximum atomic E-state index is 14.3. The molecular weight excluding hydrogens is 520 g/mol. The van der Waals surface area contributed by atoms with Gasteiger partial charge in [-0.25, -0.2) is 9.97 Å². The van der Waals surface area contributed by atoms with Crippen LogP contribution in [0.2, 0.25) is 0 Å². The Balaban J connectivity index is 2.00. The van der Waals surface area contributed by atoms with Crippen molar-refractivity contribution in [1.82, 2.24) is 24.5 Å². The van der Waals surface area contributed by atoms with Crippen LogP contribution in [0.5, 0.6) is 0 Å². The lowest BCUT2D eigenvalue weighted by atomic mass is 9.97. The zero-order valence-electron chi connectivity index (χ0n) is 20.1. The Morgan fingerprint density at radius 3 is 2.42 bits per heavy atom. The van der Waals surface area contributed by atoms with Gasteiger partial charge in [0.1, 0.15) is 17.7 Å². The Kier molecular flexibility index (Phi) is 6.57. The number of nitrogens with zero attached hydrogens (tertiary/aromatic N) is 6. The molecule has 1 atom stereocenters. The van der Waals surface area contributed by atoms with Crippen LogP contribution in [0, 0.1) is 6.92 Å². The number of carbonyl (C=O) groups is 1. The molecule has 9 nitrogen and oxygen atoms in total. The van der Waals surface area contributed by atoms with Gasteiger partial charge >= 0.3 is 12.4 Å². The minimum Gasteiger partial charge on any atom is -0.384 e. The van der Waals surface area contributed by atoms with Crippen molar-refractivity contribution in [2.45, 2.75) is 32.2 Å². The molecule has 4 heterocycles. The van der Waals surface area contributed by atoms with Gasteiger partial charge in [0.25, 0.3) is 5.56 Å². The highest BCUT2D eigenvalue weighted by molar-refractivity contribution is 5.87. The topological polar surface area (TPSA) is 110 Å². The van der Waals surface area contributed by atoms with Crippen LogP contribution in [0.25, 0.3) is 16.8 Å². The van der Waals surface area contributed by atoms with Gasteiger partial charge in [0.05, 0.1) is 22.4 Å². The summed E-state index contributed by atoms with van der Waals surface area (Å²) in [5.41, 5.74) is -2.51. The van der Waals surface area contributed by atoms with Gasteiger partial charge in [-0.05, 0) is 37.6 Å². The molecule has 0 bridgehead atoms. The Hall–Kier alpha value is -4.17. The first-order chi connectivity index (χ1) is 17.6. The number of amides is 1. The lowest BCUT2D eigenvalue weighted by molar-refractivity contribution is -0.139. The second-order valence-electron chi connectivity index (χ2n) is 8.73. The molecule has 1 aliphatic rings. The van der Waals surface area contributed by atoms with E-state index >= 15 is 0 Å². The Morgan fingerprint density at radius 2 is 1.84 bits per heavy atom. The fourth-order valence-corrected chi connectivity index (χ4v) is 4.58. The third-order valence-corrected chi connectivity index (χ3v) is 6.21. The number of pyridine rings is 2. The maximum absolute atomic E-state index is 14.3. The number of alkyl halides is 6. The Bertz CT molecular complexity index is 1500. The van der Waals surface area contributed by atoms with E-state index in [0.717, 1.165) is 25.4 Å². The summed E-state index contributed by atoms with van der Waals surface area (Å²) in [4.78, 5) is 36.1. The first-order valence-corrected chi connectivity index (χ1v) is 11.2. The van der Waals surface area contributed by atoms with Crippen molar-refractivity contribution in [2.24, 2.45) is 0 Å². The van der Waals surface area contributed by atoms with Gasteiger partial charge < -0.3 is 15.5 Å². The summed E-state index contributed by atoms with van der Waals surface area (Å²) < 4.78 is 85.3. The van der Waals surface area contributed by atoms with Gasteiger partial charge in [0.15, 0.2) is 5.82 Å². The average Bonchev–Trinajstić information content (AvgIpc) is 2.81. The number of piperazine rings is 1. The van der Waals surface area contributed by atoms with Crippen molar-refractivity contribution in [1.29, 1.82) is 0 Å². The quantitative estimate of drug-likeness (QED) is 0.400. The van der Waals surface area contributed by atoms with E-state index in [9.17, 15) is 35.9 Å². The van der Waals surface area contributed by atoms with Crippen LogP contribution in [0.1, 0.15) is 23.6 Å². The molecule has 3 aromatic heterocycles. The summed E-state index contributed by atoms with van der Waals surface area (Å²) in [5, 5.41) is 3.74. The second-order valence-corrected chi connectivity index (χ2v) is 8.73. The van der Waals surface area contributed by atoms with Crippen molar-refractivity contribution in [3.63, 3.8) is 0 Å². The first kappa shape index (κ1) is 26.9. The molecule has 3 aromatic rings. The fraction of sp³-hybridized carbons (Fsp3) is 0.348. The number of anilines is 2. The molecule has 1 fully saturated rings. The molecule has 2 N–H and O–H groups in total. The number of rotatable bonds is 3. The summed E-state index contributed by atoms with van der Waals surface area (Å²) in [7, 11) is 0. The highest BCUT2D eigenvalue weighted by Crippen LogP contribution is 2.43. The van der Waals surface area contributed by atoms with Gasteiger partial charge in [-0.1, -0.05) is 6.58 Å². The molecule has 38 heavy (non-hydrogen) atoms. The van der Waals surface area contributed by atoms with Gasteiger partial charge in [-0.3, -0.25) is 9.59 Å². The van der Waals surface area contributed by atoms with Crippen LogP contribution < -0.4 is 16.2 Å². The van der Waals surface area contributed by atoms with Crippen molar-refractivity contribution in [3.05, 3.63) is 58.2 Å². The zero-order chi connectivity index (χ0) is 28.2. The normalized spacial score (nSPS) is 16.7. The van der Waals surface area contributed by atoms with Gasteiger partial charge in [0, 0.05) is 25.7 Å². The average molecular weight is 541 g/mol. The van der Waals surface area contributed by atoms with Crippen LogP contribution >= 0.6 is 0 Å². The number of aryl methyl sites for hydroxylation is 1. The predicted octanol–water partition coefficient (Wildman–Crippen LogP) is 3.30. The molecule has 1 saturated heterocycles. The lowest BCUT2D eigenvalue weighted by Gasteiger charge is -2.40. The molecule has 4 rings (SSSR count). The molecule has 0 saturated carbocycles. The lowest BCUT2D eigenvalue weighted by Crippen LogP contribution is -2.53. The molecular formula is C23H21F6N7O2. The molecule has 0 spiro atoms. The molecule has 0 aliphatic carbocycles. The molecule has 15 heteroatoms. The van der Waals surface area contributed by atoms with E-state index in [2.05, 4.69) is 21.6 Å². The van der Waals surface area contributed by atoms with Crippen molar-refractivity contribution in [3.8, 4) is 11.3 Å². The third-order valence-electron chi connectivity index (χ3n) is 6.21. The smallest absolute Gasteiger partial charge is 0.384 e. The number of carbonyl (C=O) groups excluding carboxylic acids is 1. The second kappa shape index (κ2) is 9.29. The number of aromatic nitrogens is 4. The summed E-state index contributed by atoms with van der Waals surface area (Å²) in [6.07, 6.45) is -8.33. The van der Waals surface area contributed by atoms with Crippen molar-refractivity contribution < 1.29 is 31.1 Å². The summed E-state index contributed by atoms with van der Waals surface area (Å²) in [6.45, 7) is 6.68. The van der Waals surface area contributed by atoms with E-state index < -0.39 is 57.7 Å². The maximum Gasteiger partial charge on any atom is 0.418 e. The summed E-state index contributed by atoms with van der Waals surface area (Å²) in [5.74, 6) is -0.873. The van der Waals surface area contributed by atoms with Crippen LogP contribution in [0.15, 0.2) is 35.9 Å². The number of nitrogen functional groups attached to an aromatic ring is 1. The molecule has 0 unspecified atom stereocenters. The monoisotopic (exact) mass is 541 g/mol. The Morgan fingerprint density at radius 1 is 1.16 bits per heavy atom. The highest BCUT2D eigenvalue weighted by atomic mass is 19.4. The fourth-order valence-electron chi connectivity index (χ4n) is 4.58. The minimum absolute atomic E-state index is 0.0555. The molecule has 1 amide bonds. The van der Waals surface area contributed by atoms with E-state index in [1.165, 1.54) is 4.90 Å². The zero-order valence-corrected chi connectivity index (χ0v) is 20.1. The number of halogens is 6. The van der Waals surface area contributed by atoms with E-state index in [-0.39, 0.29) is 36.9 Å². The van der Waals surface area contributed by atoms with E-state index in [1.807, 2.05) is 0 Å². The van der Waals surface area contributed by atoms with Crippen LogP contribution in [0.3, 0.4) is 0 Å². The number of hydrogen-bond donors (Lipinski definition) is 1. The standard InChI is InChI=1S/C23H21F6N7O2/c1-4-16(37)34-5-6-35(12(3)9-34)20-14-8-13(22(24,25)26)17(21(38)36(14)32-10-31-20)19-18(23(27,28)29)11(2)7-15(30)33-19/h4,7-8,10,12H,1,5-6,9H2,2-3H3,(H2,30,33)/t12-/m0/s1. The first-order valence-electron chi connectivity index (χ1n) is 11.2. The molecule has 0 aromatic carbocycles. The van der Waals surface area contributed by atoms with E-state index in [4.69, 9.17) is 5.73 Å². The number of hydrogen-bond acceptors (Lipinski definition) is 7. The van der Waals surface area contributed by atoms with Crippen LogP contribution in [-0.2, 0) is 17.1 Å². The van der Waals surface area contributed by atoms with Gasteiger partial charge in [0.2, 0.25) is 5.91 Å². The Labute approximate surface area is 211 Å². The third kappa shape index (κ3) is 4.63. The van der Waals surface area contributed by atoms with Crippen LogP contribution in [0.4, 0.5) is 38.0 Å².